The van der Waals surface area contributed by atoms with Crippen LogP contribution in [0.15, 0.2) is 0 Å². The van der Waals surface area contributed by atoms with Crippen molar-refractivity contribution < 1.29 is 0 Å². The molecule has 1 rings (SSSR count). The monoisotopic (exact) mass is 303 g/mol. The van der Waals surface area contributed by atoms with Crippen molar-refractivity contribution in [2.45, 2.75) is 64.7 Å². The zero-order valence-electron chi connectivity index (χ0n) is 11.6. The predicted molar refractivity (Wildman–Crippen MR) is 81.0 cm³/mol. The minimum atomic E-state index is 0.973. The number of halogens is 1. The Labute approximate surface area is 116 Å². The molecule has 0 radical (unpaired) electrons. The summed E-state index contributed by atoms with van der Waals surface area (Å²) in [5.74, 6) is 0.973. The summed E-state index contributed by atoms with van der Waals surface area (Å²) in [5, 5.41) is 1.18. The molecule has 1 aliphatic rings. The second-order valence-corrected chi connectivity index (χ2v) is 6.48. The second-order valence-electron chi connectivity index (χ2n) is 5.69. The number of unbranched alkanes of at least 4 members (excludes halogenated alkanes) is 6. The maximum atomic E-state index is 3.49. The molecule has 0 bridgehead atoms. The van der Waals surface area contributed by atoms with E-state index in [0.29, 0.717) is 0 Å². The van der Waals surface area contributed by atoms with Gasteiger partial charge in [0, 0.05) is 5.33 Å². The van der Waals surface area contributed by atoms with Crippen molar-refractivity contribution in [3.05, 3.63) is 0 Å². The molecule has 0 N–H and O–H groups in total. The van der Waals surface area contributed by atoms with Crippen LogP contribution in [0, 0.1) is 5.92 Å². The highest BCUT2D eigenvalue weighted by Gasteiger charge is 2.14. The summed E-state index contributed by atoms with van der Waals surface area (Å²) >= 11 is 3.49. The van der Waals surface area contributed by atoms with Gasteiger partial charge in [0.2, 0.25) is 0 Å². The first-order chi connectivity index (χ1) is 8.33. The third kappa shape index (κ3) is 8.20. The van der Waals surface area contributed by atoms with Gasteiger partial charge in [0.25, 0.3) is 0 Å². The second kappa shape index (κ2) is 10.4. The van der Waals surface area contributed by atoms with Crippen LogP contribution in [0.25, 0.3) is 0 Å². The van der Waals surface area contributed by atoms with Crippen molar-refractivity contribution in [2.24, 2.45) is 5.92 Å². The molecular weight excluding hydrogens is 274 g/mol. The molecule has 1 aliphatic heterocycles. The van der Waals surface area contributed by atoms with Crippen molar-refractivity contribution in [2.75, 3.05) is 25.0 Å². The van der Waals surface area contributed by atoms with E-state index >= 15 is 0 Å². The molecule has 0 aromatic carbocycles. The molecule has 0 saturated carbocycles. The number of likely N-dealkylation sites (tertiary alicyclic amines) is 1. The van der Waals surface area contributed by atoms with Gasteiger partial charge in [-0.2, -0.15) is 0 Å². The fourth-order valence-electron chi connectivity index (χ4n) is 2.60. The molecule has 0 atom stereocenters. The smallest absolute Gasteiger partial charge is 0.00313 e. The van der Waals surface area contributed by atoms with E-state index in [4.69, 9.17) is 0 Å². The van der Waals surface area contributed by atoms with E-state index in [1.165, 1.54) is 82.8 Å². The van der Waals surface area contributed by atoms with E-state index in [0.717, 1.165) is 5.92 Å². The van der Waals surface area contributed by atoms with Crippen LogP contribution in [0.2, 0.25) is 0 Å². The van der Waals surface area contributed by atoms with Crippen LogP contribution >= 0.6 is 15.9 Å². The molecule has 0 spiro atoms. The number of alkyl halides is 1. The van der Waals surface area contributed by atoms with Gasteiger partial charge in [-0.1, -0.05) is 55.0 Å². The normalized spacial score (nSPS) is 18.7. The highest BCUT2D eigenvalue weighted by Crippen LogP contribution is 2.16. The lowest BCUT2D eigenvalue weighted by Gasteiger charge is -2.30. The Kier molecular flexibility index (Phi) is 9.45. The Hall–Kier alpha value is 0.440. The van der Waals surface area contributed by atoms with Crippen LogP contribution in [0.4, 0.5) is 0 Å². The van der Waals surface area contributed by atoms with Crippen LogP contribution in [-0.2, 0) is 0 Å². The van der Waals surface area contributed by atoms with Gasteiger partial charge in [-0.05, 0) is 51.2 Å². The Bertz CT molecular complexity index is 164. The van der Waals surface area contributed by atoms with Crippen molar-refractivity contribution in [3.8, 4) is 0 Å². The zero-order valence-corrected chi connectivity index (χ0v) is 13.2. The van der Waals surface area contributed by atoms with E-state index in [-0.39, 0.29) is 0 Å². The lowest BCUT2D eigenvalue weighted by molar-refractivity contribution is 0.189. The van der Waals surface area contributed by atoms with Gasteiger partial charge in [-0.3, -0.25) is 0 Å². The number of rotatable bonds is 9. The van der Waals surface area contributed by atoms with Crippen LogP contribution in [-0.4, -0.2) is 29.9 Å². The van der Waals surface area contributed by atoms with Crippen LogP contribution in [0.1, 0.15) is 64.7 Å². The highest BCUT2D eigenvalue weighted by atomic mass is 79.9. The molecule has 0 aromatic rings. The van der Waals surface area contributed by atoms with E-state index in [9.17, 15) is 0 Å². The molecule has 1 heterocycles. The fourth-order valence-corrected chi connectivity index (χ4v) is 3.00. The number of hydrogen-bond donors (Lipinski definition) is 0. The van der Waals surface area contributed by atoms with Gasteiger partial charge in [-0.25, -0.2) is 0 Å². The standard InChI is InChI=1S/C15H30BrN/c1-15-9-13-17(14-10-15)12-8-6-4-2-3-5-7-11-16/h15H,2-14H2,1H3. The summed E-state index contributed by atoms with van der Waals surface area (Å²) in [5.41, 5.74) is 0. The Morgan fingerprint density at radius 3 is 2.00 bits per heavy atom. The fraction of sp³-hybridized carbons (Fsp3) is 1.00. The molecule has 1 saturated heterocycles. The van der Waals surface area contributed by atoms with Gasteiger partial charge < -0.3 is 4.90 Å². The Balaban J connectivity index is 1.81. The van der Waals surface area contributed by atoms with Crippen molar-refractivity contribution in [3.63, 3.8) is 0 Å². The van der Waals surface area contributed by atoms with Gasteiger partial charge in [-0.15, -0.1) is 0 Å². The van der Waals surface area contributed by atoms with Gasteiger partial charge in [0.1, 0.15) is 0 Å². The summed E-state index contributed by atoms with van der Waals surface area (Å²) in [6.07, 6.45) is 12.8. The largest absolute Gasteiger partial charge is 0.303 e. The van der Waals surface area contributed by atoms with E-state index in [1.54, 1.807) is 0 Å². The first-order valence-corrected chi connectivity index (χ1v) is 8.73. The summed E-state index contributed by atoms with van der Waals surface area (Å²) < 4.78 is 0. The summed E-state index contributed by atoms with van der Waals surface area (Å²) in [6.45, 7) is 6.46. The van der Waals surface area contributed by atoms with Gasteiger partial charge in [0.15, 0.2) is 0 Å². The Morgan fingerprint density at radius 1 is 0.882 bits per heavy atom. The van der Waals surface area contributed by atoms with Gasteiger partial charge in [0.05, 0.1) is 0 Å². The molecule has 2 heteroatoms. The van der Waals surface area contributed by atoms with Crippen molar-refractivity contribution in [1.29, 1.82) is 0 Å². The summed E-state index contributed by atoms with van der Waals surface area (Å²) in [7, 11) is 0. The molecule has 17 heavy (non-hydrogen) atoms. The molecule has 0 aliphatic carbocycles. The lowest BCUT2D eigenvalue weighted by atomic mass is 9.99. The molecule has 1 fully saturated rings. The average Bonchev–Trinajstić information content (AvgIpc) is 2.35. The SMILES string of the molecule is CC1CCN(CCCCCCCCCBr)CC1. The molecule has 0 aromatic heterocycles. The lowest BCUT2D eigenvalue weighted by Crippen LogP contribution is -2.33. The molecule has 1 nitrogen and oxygen atoms in total. The minimum absolute atomic E-state index is 0.973. The van der Waals surface area contributed by atoms with E-state index in [1.807, 2.05) is 0 Å². The highest BCUT2D eigenvalue weighted by molar-refractivity contribution is 9.09. The molecule has 102 valence electrons. The van der Waals surface area contributed by atoms with Crippen LogP contribution in [0.5, 0.6) is 0 Å². The Morgan fingerprint density at radius 2 is 1.41 bits per heavy atom. The first kappa shape index (κ1) is 15.5. The van der Waals surface area contributed by atoms with Crippen LogP contribution < -0.4 is 0 Å². The molecular formula is C15H30BrN. The van der Waals surface area contributed by atoms with Crippen LogP contribution in [0.3, 0.4) is 0 Å². The van der Waals surface area contributed by atoms with E-state index in [2.05, 4.69) is 27.8 Å². The summed E-state index contributed by atoms with van der Waals surface area (Å²) in [4.78, 5) is 2.67. The zero-order chi connectivity index (χ0) is 12.3. The average molecular weight is 304 g/mol. The third-order valence-electron chi connectivity index (χ3n) is 3.98. The van der Waals surface area contributed by atoms with E-state index < -0.39 is 0 Å². The van der Waals surface area contributed by atoms with Crippen molar-refractivity contribution >= 4 is 15.9 Å². The maximum absolute atomic E-state index is 3.49. The molecule has 0 amide bonds. The third-order valence-corrected chi connectivity index (χ3v) is 4.54. The first-order valence-electron chi connectivity index (χ1n) is 7.61. The predicted octanol–water partition coefficient (Wildman–Crippen LogP) is 4.84. The minimum Gasteiger partial charge on any atom is -0.303 e. The quantitative estimate of drug-likeness (QED) is 0.435. The van der Waals surface area contributed by atoms with Gasteiger partial charge >= 0.3 is 0 Å². The maximum Gasteiger partial charge on any atom is 0.00313 e. The molecule has 0 unspecified atom stereocenters. The number of hydrogen-bond acceptors (Lipinski definition) is 1. The summed E-state index contributed by atoms with van der Waals surface area (Å²) in [6, 6.07) is 0. The topological polar surface area (TPSA) is 3.24 Å². The number of nitrogens with zero attached hydrogens (tertiary/aromatic N) is 1. The number of piperidine rings is 1. The van der Waals surface area contributed by atoms with Crippen molar-refractivity contribution in [1.82, 2.24) is 4.90 Å².